The highest BCUT2D eigenvalue weighted by Crippen LogP contribution is 2.21. The Labute approximate surface area is 191 Å². The SMILES string of the molecule is CCCCCCCC/C=C\CCCCCCCC(=O)OC[C@@H](O)CNS(=O)(=O)C(F)(F)F. The van der Waals surface area contributed by atoms with Crippen molar-refractivity contribution in [3.63, 3.8) is 0 Å². The summed E-state index contributed by atoms with van der Waals surface area (Å²) in [6, 6.07) is 0. The molecule has 0 aromatic rings. The lowest BCUT2D eigenvalue weighted by atomic mass is 10.1. The van der Waals surface area contributed by atoms with Crippen LogP contribution < -0.4 is 4.72 Å². The predicted molar refractivity (Wildman–Crippen MR) is 119 cm³/mol. The van der Waals surface area contributed by atoms with Gasteiger partial charge in [0.1, 0.15) is 12.7 Å². The molecule has 0 saturated heterocycles. The molecule has 0 amide bonds. The highest BCUT2D eigenvalue weighted by Gasteiger charge is 2.45. The lowest BCUT2D eigenvalue weighted by molar-refractivity contribution is -0.146. The van der Waals surface area contributed by atoms with Gasteiger partial charge in [0.15, 0.2) is 0 Å². The van der Waals surface area contributed by atoms with Crippen LogP contribution in [-0.2, 0) is 19.6 Å². The minimum Gasteiger partial charge on any atom is -0.463 e. The number of unbranched alkanes of at least 4 members (excludes halogenated alkanes) is 11. The zero-order chi connectivity index (χ0) is 24.3. The van der Waals surface area contributed by atoms with Crippen LogP contribution in [0.2, 0.25) is 0 Å². The van der Waals surface area contributed by atoms with Crippen molar-refractivity contribution in [1.29, 1.82) is 0 Å². The van der Waals surface area contributed by atoms with Crippen molar-refractivity contribution < 1.29 is 36.2 Å². The van der Waals surface area contributed by atoms with Crippen molar-refractivity contribution >= 4 is 16.0 Å². The first kappa shape index (κ1) is 30.9. The molecule has 10 heteroatoms. The van der Waals surface area contributed by atoms with Crippen LogP contribution >= 0.6 is 0 Å². The molecule has 6 nitrogen and oxygen atoms in total. The average Bonchev–Trinajstić information content (AvgIpc) is 2.72. The molecule has 0 aliphatic heterocycles. The summed E-state index contributed by atoms with van der Waals surface area (Å²) in [6.07, 6.45) is 17.9. The van der Waals surface area contributed by atoms with Crippen LogP contribution in [0.15, 0.2) is 12.2 Å². The number of carbonyl (C=O) groups is 1. The number of esters is 1. The first-order chi connectivity index (χ1) is 15.1. The third-order valence-corrected chi connectivity index (χ3v) is 6.05. The van der Waals surface area contributed by atoms with Gasteiger partial charge in [-0.1, -0.05) is 70.4 Å². The number of hydrogen-bond donors (Lipinski definition) is 2. The second-order valence-electron chi connectivity index (χ2n) is 7.97. The van der Waals surface area contributed by atoms with Crippen LogP contribution in [0, 0.1) is 0 Å². The maximum atomic E-state index is 12.2. The Kier molecular flexibility index (Phi) is 17.7. The molecule has 0 rings (SSSR count). The van der Waals surface area contributed by atoms with E-state index in [9.17, 15) is 31.5 Å². The van der Waals surface area contributed by atoms with Gasteiger partial charge in [0.25, 0.3) is 0 Å². The van der Waals surface area contributed by atoms with E-state index in [2.05, 4.69) is 19.1 Å². The van der Waals surface area contributed by atoms with Crippen molar-refractivity contribution in [2.45, 2.75) is 108 Å². The van der Waals surface area contributed by atoms with Crippen LogP contribution in [0.5, 0.6) is 0 Å². The third kappa shape index (κ3) is 17.4. The Morgan fingerprint density at radius 1 is 0.938 bits per heavy atom. The summed E-state index contributed by atoms with van der Waals surface area (Å²) in [5, 5.41) is 9.45. The van der Waals surface area contributed by atoms with E-state index in [0.717, 1.165) is 38.5 Å². The van der Waals surface area contributed by atoms with E-state index >= 15 is 0 Å². The summed E-state index contributed by atoms with van der Waals surface area (Å²) in [7, 11) is -5.52. The number of nitrogens with one attached hydrogen (secondary N) is 1. The maximum absolute atomic E-state index is 12.2. The van der Waals surface area contributed by atoms with E-state index < -0.39 is 40.8 Å². The molecule has 0 aromatic carbocycles. The van der Waals surface area contributed by atoms with Crippen LogP contribution in [0.1, 0.15) is 96.8 Å². The number of rotatable bonds is 20. The average molecular weight is 488 g/mol. The van der Waals surface area contributed by atoms with E-state index in [1.54, 1.807) is 0 Å². The number of alkyl halides is 3. The van der Waals surface area contributed by atoms with E-state index in [4.69, 9.17) is 4.74 Å². The Morgan fingerprint density at radius 2 is 1.44 bits per heavy atom. The molecule has 2 N–H and O–H groups in total. The zero-order valence-electron chi connectivity index (χ0n) is 19.2. The lowest BCUT2D eigenvalue weighted by Crippen LogP contribution is -2.41. The van der Waals surface area contributed by atoms with Gasteiger partial charge < -0.3 is 9.84 Å². The number of carbonyl (C=O) groups excluding carboxylic acids is 1. The first-order valence-electron chi connectivity index (χ1n) is 11.6. The van der Waals surface area contributed by atoms with Gasteiger partial charge in [0.2, 0.25) is 0 Å². The number of halogens is 3. The fraction of sp³-hybridized carbons (Fsp3) is 0.864. The maximum Gasteiger partial charge on any atom is 0.511 e. The molecule has 0 radical (unpaired) electrons. The van der Waals surface area contributed by atoms with E-state index in [-0.39, 0.29) is 6.42 Å². The monoisotopic (exact) mass is 487 g/mol. The molecular weight excluding hydrogens is 447 g/mol. The van der Waals surface area contributed by atoms with Gasteiger partial charge in [0.05, 0.1) is 0 Å². The molecule has 0 aliphatic rings. The van der Waals surface area contributed by atoms with Crippen molar-refractivity contribution in [2.75, 3.05) is 13.2 Å². The van der Waals surface area contributed by atoms with Crippen molar-refractivity contribution in [3.05, 3.63) is 12.2 Å². The predicted octanol–water partition coefficient (Wildman–Crippen LogP) is 5.37. The molecule has 0 aliphatic carbocycles. The van der Waals surface area contributed by atoms with Crippen molar-refractivity contribution in [1.82, 2.24) is 4.72 Å². The Bertz CT molecular complexity index is 609. The standard InChI is InChI=1S/C22H40F3NO5S/c1-2-3-4-5-6-7-8-9-10-11-12-13-14-15-16-17-21(28)31-19-20(27)18-26-32(29,30)22(23,24)25/h9-10,20,26-27H,2-8,11-19H2,1H3/b10-9-/t20-/m0/s1. The molecule has 32 heavy (non-hydrogen) atoms. The largest absolute Gasteiger partial charge is 0.511 e. The normalized spacial score (nSPS) is 13.5. The minimum absolute atomic E-state index is 0.152. The van der Waals surface area contributed by atoms with Crippen molar-refractivity contribution in [3.8, 4) is 0 Å². The fourth-order valence-corrected chi connectivity index (χ4v) is 3.52. The van der Waals surface area contributed by atoms with Gasteiger partial charge in [0, 0.05) is 13.0 Å². The Hall–Kier alpha value is -1.13. The first-order valence-corrected chi connectivity index (χ1v) is 13.1. The van der Waals surface area contributed by atoms with Gasteiger partial charge >= 0.3 is 21.5 Å². The minimum atomic E-state index is -5.52. The fourth-order valence-electron chi connectivity index (χ4n) is 2.95. The number of ether oxygens (including phenoxy) is 1. The molecular formula is C22H40F3NO5S. The molecule has 0 fully saturated rings. The second-order valence-corrected chi connectivity index (χ2v) is 9.73. The summed E-state index contributed by atoms with van der Waals surface area (Å²) >= 11 is 0. The topological polar surface area (TPSA) is 92.7 Å². The quantitative estimate of drug-likeness (QED) is 0.137. The van der Waals surface area contributed by atoms with Crippen LogP contribution in [0.25, 0.3) is 0 Å². The summed E-state index contributed by atoms with van der Waals surface area (Å²) in [6.45, 7) is 0.769. The smallest absolute Gasteiger partial charge is 0.463 e. The van der Waals surface area contributed by atoms with Crippen molar-refractivity contribution in [2.24, 2.45) is 0 Å². The molecule has 0 unspecified atom stereocenters. The Balaban J connectivity index is 3.56. The number of aliphatic hydroxyl groups is 1. The van der Waals surface area contributed by atoms with Gasteiger partial charge in [-0.15, -0.1) is 0 Å². The van der Waals surface area contributed by atoms with Gasteiger partial charge in [-0.25, -0.2) is 13.1 Å². The molecule has 1 atom stereocenters. The number of allylic oxidation sites excluding steroid dienone is 2. The molecule has 0 aromatic heterocycles. The van der Waals surface area contributed by atoms with E-state index in [1.807, 2.05) is 0 Å². The summed E-state index contributed by atoms with van der Waals surface area (Å²) in [4.78, 5) is 11.6. The van der Waals surface area contributed by atoms with Gasteiger partial charge in [-0.2, -0.15) is 13.2 Å². The number of aliphatic hydroxyl groups excluding tert-OH is 1. The highest BCUT2D eigenvalue weighted by atomic mass is 32.2. The van der Waals surface area contributed by atoms with E-state index in [0.29, 0.717) is 6.42 Å². The third-order valence-electron chi connectivity index (χ3n) is 4.89. The molecule has 0 spiro atoms. The Morgan fingerprint density at radius 3 is 1.97 bits per heavy atom. The second kappa shape index (κ2) is 18.3. The van der Waals surface area contributed by atoms with Gasteiger partial charge in [-0.05, 0) is 32.1 Å². The van der Waals surface area contributed by atoms with E-state index in [1.165, 1.54) is 43.2 Å². The molecule has 0 saturated carbocycles. The zero-order valence-corrected chi connectivity index (χ0v) is 20.0. The summed E-state index contributed by atoms with van der Waals surface area (Å²) in [5.74, 6) is -0.569. The number of hydrogen-bond acceptors (Lipinski definition) is 5. The van der Waals surface area contributed by atoms with Crippen LogP contribution in [0.4, 0.5) is 13.2 Å². The summed E-state index contributed by atoms with van der Waals surface area (Å²) < 4.78 is 64.1. The highest BCUT2D eigenvalue weighted by molar-refractivity contribution is 7.90. The number of sulfonamides is 1. The van der Waals surface area contributed by atoms with Gasteiger partial charge in [-0.3, -0.25) is 4.79 Å². The van der Waals surface area contributed by atoms with Crippen LogP contribution in [-0.4, -0.2) is 44.3 Å². The molecule has 0 heterocycles. The summed E-state index contributed by atoms with van der Waals surface area (Å²) in [5.41, 5.74) is -5.45. The van der Waals surface area contributed by atoms with Crippen LogP contribution in [0.3, 0.4) is 0 Å². The lowest BCUT2D eigenvalue weighted by Gasteiger charge is -2.13. The molecule has 0 bridgehead atoms. The molecule has 190 valence electrons.